The molecule has 92 valence electrons. The maximum absolute atomic E-state index is 5.56. The molecule has 0 radical (unpaired) electrons. The fourth-order valence-corrected chi connectivity index (χ4v) is 1.44. The maximum Gasteiger partial charge on any atom is 0.184 e. The van der Waals surface area contributed by atoms with E-state index in [9.17, 15) is 0 Å². The van der Waals surface area contributed by atoms with E-state index in [1.165, 1.54) is 0 Å². The molecule has 0 aromatic rings. The molecule has 3 aliphatic heterocycles. The van der Waals surface area contributed by atoms with E-state index < -0.39 is 0 Å². The molecule has 3 heterocycles. The molecule has 4 unspecified atom stereocenters. The van der Waals surface area contributed by atoms with Gasteiger partial charge >= 0.3 is 0 Å². The van der Waals surface area contributed by atoms with Crippen LogP contribution in [0.4, 0.5) is 0 Å². The summed E-state index contributed by atoms with van der Waals surface area (Å²) in [7, 11) is 0. The van der Waals surface area contributed by atoms with Gasteiger partial charge in [0.1, 0.15) is 12.2 Å². The molecular formula is C10H16O6. The lowest BCUT2D eigenvalue weighted by molar-refractivity contribution is -0.307. The first-order valence-electron chi connectivity index (χ1n) is 5.60. The highest BCUT2D eigenvalue weighted by Gasteiger charge is 2.30. The first kappa shape index (κ1) is 10.9. The third-order valence-electron chi connectivity index (χ3n) is 2.55. The molecule has 0 N–H and O–H groups in total. The lowest BCUT2D eigenvalue weighted by atomic mass is 10.5. The summed E-state index contributed by atoms with van der Waals surface area (Å²) in [5.74, 6) is 0. The van der Waals surface area contributed by atoms with E-state index in [0.717, 1.165) is 13.2 Å². The van der Waals surface area contributed by atoms with Crippen molar-refractivity contribution in [3.05, 3.63) is 0 Å². The van der Waals surface area contributed by atoms with Crippen molar-refractivity contribution in [1.82, 2.24) is 0 Å². The standard InChI is InChI=1S/C10H16O6/c1-7(12-1)3-14-9-5-11-6-10(16-9)15-4-8-2-13-8/h7-10H,1-6H2. The molecular weight excluding hydrogens is 216 g/mol. The number of hydrogen-bond acceptors (Lipinski definition) is 6. The second-order valence-corrected chi connectivity index (χ2v) is 4.11. The third kappa shape index (κ3) is 3.38. The Bertz CT molecular complexity index is 205. The predicted molar refractivity (Wildman–Crippen MR) is 50.9 cm³/mol. The van der Waals surface area contributed by atoms with Crippen molar-refractivity contribution in [1.29, 1.82) is 0 Å². The summed E-state index contributed by atoms with van der Waals surface area (Å²) in [6.07, 6.45) is -0.208. The molecule has 0 aromatic heterocycles. The molecule has 0 bridgehead atoms. The van der Waals surface area contributed by atoms with E-state index in [1.54, 1.807) is 0 Å². The van der Waals surface area contributed by atoms with Crippen LogP contribution in [0.15, 0.2) is 0 Å². The summed E-state index contributed by atoms with van der Waals surface area (Å²) in [5, 5.41) is 0. The van der Waals surface area contributed by atoms with E-state index in [1.807, 2.05) is 0 Å². The van der Waals surface area contributed by atoms with Gasteiger partial charge in [-0.25, -0.2) is 0 Å². The average Bonchev–Trinajstić information content (AvgIpc) is 3.17. The lowest BCUT2D eigenvalue weighted by Crippen LogP contribution is -2.40. The first-order chi connectivity index (χ1) is 7.90. The fourth-order valence-electron chi connectivity index (χ4n) is 1.44. The van der Waals surface area contributed by atoms with E-state index in [4.69, 9.17) is 28.4 Å². The van der Waals surface area contributed by atoms with Crippen LogP contribution in [0.25, 0.3) is 0 Å². The number of ether oxygens (including phenoxy) is 6. The summed E-state index contributed by atoms with van der Waals surface area (Å²) in [6.45, 7) is 3.59. The van der Waals surface area contributed by atoms with Crippen LogP contribution in [0.5, 0.6) is 0 Å². The Hall–Kier alpha value is -0.240. The van der Waals surface area contributed by atoms with Gasteiger partial charge in [0.2, 0.25) is 0 Å². The van der Waals surface area contributed by atoms with Crippen molar-refractivity contribution >= 4 is 0 Å². The van der Waals surface area contributed by atoms with Crippen LogP contribution in [0.3, 0.4) is 0 Å². The number of rotatable bonds is 6. The zero-order chi connectivity index (χ0) is 10.8. The molecule has 0 saturated carbocycles. The SMILES string of the molecule is C1OC1COC1COCC(OCC2CO2)O1. The first-order valence-corrected chi connectivity index (χ1v) is 5.60. The fraction of sp³-hybridized carbons (Fsp3) is 1.00. The third-order valence-corrected chi connectivity index (χ3v) is 2.55. The quantitative estimate of drug-likeness (QED) is 0.576. The number of hydrogen-bond donors (Lipinski definition) is 0. The Balaban J connectivity index is 1.34. The molecule has 0 spiro atoms. The van der Waals surface area contributed by atoms with Crippen LogP contribution >= 0.6 is 0 Å². The van der Waals surface area contributed by atoms with Crippen LogP contribution in [0.2, 0.25) is 0 Å². The molecule has 0 amide bonds. The van der Waals surface area contributed by atoms with Crippen molar-refractivity contribution in [2.45, 2.75) is 24.8 Å². The monoisotopic (exact) mass is 232 g/mol. The van der Waals surface area contributed by atoms with Crippen LogP contribution in [-0.2, 0) is 28.4 Å². The van der Waals surface area contributed by atoms with Crippen molar-refractivity contribution in [3.63, 3.8) is 0 Å². The smallest absolute Gasteiger partial charge is 0.184 e. The van der Waals surface area contributed by atoms with E-state index in [0.29, 0.717) is 26.4 Å². The lowest BCUT2D eigenvalue weighted by Gasteiger charge is -2.29. The minimum absolute atomic E-state index is 0.241. The maximum atomic E-state index is 5.56. The van der Waals surface area contributed by atoms with Crippen LogP contribution < -0.4 is 0 Å². The van der Waals surface area contributed by atoms with Crippen molar-refractivity contribution in [2.24, 2.45) is 0 Å². The predicted octanol–water partition coefficient (Wildman–Crippen LogP) is -0.484. The van der Waals surface area contributed by atoms with Gasteiger partial charge in [0.05, 0.1) is 39.6 Å². The second kappa shape index (κ2) is 4.95. The minimum Gasteiger partial charge on any atom is -0.371 e. The highest BCUT2D eigenvalue weighted by molar-refractivity contribution is 4.69. The molecule has 16 heavy (non-hydrogen) atoms. The van der Waals surface area contributed by atoms with Crippen molar-refractivity contribution in [2.75, 3.05) is 39.6 Å². The van der Waals surface area contributed by atoms with Gasteiger partial charge < -0.3 is 28.4 Å². The summed E-state index contributed by atoms with van der Waals surface area (Å²) >= 11 is 0. The second-order valence-electron chi connectivity index (χ2n) is 4.11. The molecule has 3 aliphatic rings. The van der Waals surface area contributed by atoms with Gasteiger partial charge in [0.15, 0.2) is 12.6 Å². The molecule has 3 rings (SSSR count). The zero-order valence-electron chi connectivity index (χ0n) is 9.00. The van der Waals surface area contributed by atoms with Gasteiger partial charge in [-0.2, -0.15) is 0 Å². The average molecular weight is 232 g/mol. The number of epoxide rings is 2. The highest BCUT2D eigenvalue weighted by Crippen LogP contribution is 2.16. The van der Waals surface area contributed by atoms with Gasteiger partial charge in [0.25, 0.3) is 0 Å². The van der Waals surface area contributed by atoms with Gasteiger partial charge in [-0.3, -0.25) is 0 Å². The summed E-state index contributed by atoms with van der Waals surface area (Å²) < 4.78 is 31.9. The molecule has 0 aromatic carbocycles. The van der Waals surface area contributed by atoms with Crippen LogP contribution in [0, 0.1) is 0 Å². The van der Waals surface area contributed by atoms with Crippen LogP contribution in [0.1, 0.15) is 0 Å². The van der Waals surface area contributed by atoms with E-state index in [-0.39, 0.29) is 24.8 Å². The molecule has 6 nitrogen and oxygen atoms in total. The van der Waals surface area contributed by atoms with Gasteiger partial charge in [0, 0.05) is 0 Å². The summed E-state index contributed by atoms with van der Waals surface area (Å²) in [6, 6.07) is 0. The topological polar surface area (TPSA) is 62.0 Å². The van der Waals surface area contributed by atoms with Crippen molar-refractivity contribution in [3.8, 4) is 0 Å². The molecule has 6 heteroatoms. The molecule has 4 atom stereocenters. The van der Waals surface area contributed by atoms with Crippen LogP contribution in [-0.4, -0.2) is 64.4 Å². The largest absolute Gasteiger partial charge is 0.371 e. The van der Waals surface area contributed by atoms with E-state index in [2.05, 4.69) is 0 Å². The Morgan fingerprint density at radius 2 is 1.31 bits per heavy atom. The molecule has 0 aliphatic carbocycles. The van der Waals surface area contributed by atoms with Gasteiger partial charge in [-0.1, -0.05) is 0 Å². The minimum atomic E-state index is -0.344. The Kier molecular flexibility index (Phi) is 3.37. The van der Waals surface area contributed by atoms with Gasteiger partial charge in [-0.15, -0.1) is 0 Å². The Morgan fingerprint density at radius 1 is 0.812 bits per heavy atom. The molecule has 3 saturated heterocycles. The molecule has 3 fully saturated rings. The summed E-state index contributed by atoms with van der Waals surface area (Å²) in [4.78, 5) is 0. The van der Waals surface area contributed by atoms with E-state index >= 15 is 0 Å². The summed E-state index contributed by atoms with van der Waals surface area (Å²) in [5.41, 5.74) is 0. The Labute approximate surface area is 93.7 Å². The zero-order valence-corrected chi connectivity index (χ0v) is 9.00. The van der Waals surface area contributed by atoms with Crippen molar-refractivity contribution < 1.29 is 28.4 Å². The Morgan fingerprint density at radius 3 is 1.75 bits per heavy atom. The highest BCUT2D eigenvalue weighted by atomic mass is 16.8. The normalized spacial score (nSPS) is 42.0. The van der Waals surface area contributed by atoms with Gasteiger partial charge in [-0.05, 0) is 0 Å².